The quantitative estimate of drug-likeness (QED) is 0.818. The fraction of sp³-hybridized carbons (Fsp3) is 0.652. The molecule has 2 aliphatic heterocycles. The van der Waals surface area contributed by atoms with Gasteiger partial charge in [-0.1, -0.05) is 36.8 Å². The lowest BCUT2D eigenvalue weighted by atomic mass is 9.97. The third kappa shape index (κ3) is 5.84. The van der Waals surface area contributed by atoms with Crippen molar-refractivity contribution >= 4 is 0 Å². The van der Waals surface area contributed by atoms with Crippen molar-refractivity contribution in [2.24, 2.45) is 0 Å². The molecule has 2 saturated heterocycles. The maximum atomic E-state index is 10.0. The summed E-state index contributed by atoms with van der Waals surface area (Å²) >= 11 is 0. The third-order valence-electron chi connectivity index (χ3n) is 5.80. The van der Waals surface area contributed by atoms with Crippen LogP contribution in [0.3, 0.4) is 0 Å². The number of benzene rings is 1. The summed E-state index contributed by atoms with van der Waals surface area (Å²) in [5, 5.41) is 10.0. The SMILES string of the molecule is CC(O)C1CCCCN1Cc1ccc(C#CCCN2CCCCC2)cc1. The van der Waals surface area contributed by atoms with Crippen molar-refractivity contribution in [2.45, 2.75) is 70.6 Å². The second kappa shape index (κ2) is 10.1. The van der Waals surface area contributed by atoms with Crippen molar-refractivity contribution in [2.75, 3.05) is 26.2 Å². The van der Waals surface area contributed by atoms with Gasteiger partial charge in [0.05, 0.1) is 6.10 Å². The van der Waals surface area contributed by atoms with Gasteiger partial charge in [-0.2, -0.15) is 0 Å². The molecule has 0 aliphatic carbocycles. The predicted molar refractivity (Wildman–Crippen MR) is 108 cm³/mol. The molecule has 0 aromatic heterocycles. The molecule has 3 rings (SSSR count). The van der Waals surface area contributed by atoms with Gasteiger partial charge >= 0.3 is 0 Å². The highest BCUT2D eigenvalue weighted by Crippen LogP contribution is 2.22. The van der Waals surface area contributed by atoms with E-state index in [-0.39, 0.29) is 6.10 Å². The van der Waals surface area contributed by atoms with E-state index in [1.165, 1.54) is 50.8 Å². The molecule has 1 N–H and O–H groups in total. The fourth-order valence-electron chi connectivity index (χ4n) is 4.25. The molecule has 1 aromatic carbocycles. The number of likely N-dealkylation sites (tertiary alicyclic amines) is 2. The Morgan fingerprint density at radius 2 is 1.77 bits per heavy atom. The Balaban J connectivity index is 1.48. The van der Waals surface area contributed by atoms with Crippen LogP contribution in [0, 0.1) is 11.8 Å². The first-order valence-electron chi connectivity index (χ1n) is 10.4. The summed E-state index contributed by atoms with van der Waals surface area (Å²) in [6.45, 7) is 7.55. The van der Waals surface area contributed by atoms with Crippen molar-refractivity contribution < 1.29 is 5.11 Å². The van der Waals surface area contributed by atoms with E-state index >= 15 is 0 Å². The molecule has 2 aliphatic rings. The number of piperidine rings is 2. The Morgan fingerprint density at radius 1 is 1.04 bits per heavy atom. The van der Waals surface area contributed by atoms with Gasteiger partial charge in [0.25, 0.3) is 0 Å². The molecule has 2 unspecified atom stereocenters. The van der Waals surface area contributed by atoms with Gasteiger partial charge in [0.15, 0.2) is 0 Å². The number of aliphatic hydroxyl groups excluding tert-OH is 1. The Labute approximate surface area is 159 Å². The maximum absolute atomic E-state index is 10.0. The van der Waals surface area contributed by atoms with Gasteiger partial charge in [0, 0.05) is 31.1 Å². The van der Waals surface area contributed by atoms with Gasteiger partial charge in [0.2, 0.25) is 0 Å². The molecule has 1 aromatic rings. The lowest BCUT2D eigenvalue weighted by Crippen LogP contribution is -2.45. The van der Waals surface area contributed by atoms with Crippen LogP contribution in [0.25, 0.3) is 0 Å². The smallest absolute Gasteiger partial charge is 0.0667 e. The van der Waals surface area contributed by atoms with Crippen molar-refractivity contribution in [3.05, 3.63) is 35.4 Å². The van der Waals surface area contributed by atoms with E-state index in [4.69, 9.17) is 0 Å². The summed E-state index contributed by atoms with van der Waals surface area (Å²) in [6.07, 6.45) is 8.39. The third-order valence-corrected chi connectivity index (χ3v) is 5.80. The minimum atomic E-state index is -0.250. The maximum Gasteiger partial charge on any atom is 0.0667 e. The summed E-state index contributed by atoms with van der Waals surface area (Å²) in [6, 6.07) is 8.98. The van der Waals surface area contributed by atoms with E-state index in [1.807, 2.05) is 6.92 Å². The van der Waals surface area contributed by atoms with Crippen LogP contribution >= 0.6 is 0 Å². The summed E-state index contributed by atoms with van der Waals surface area (Å²) < 4.78 is 0. The monoisotopic (exact) mass is 354 g/mol. The number of rotatable bonds is 5. The molecule has 0 spiro atoms. The second-order valence-electron chi connectivity index (χ2n) is 7.93. The van der Waals surface area contributed by atoms with Gasteiger partial charge in [-0.3, -0.25) is 4.90 Å². The predicted octanol–water partition coefficient (Wildman–Crippen LogP) is 3.65. The molecule has 0 saturated carbocycles. The first-order chi connectivity index (χ1) is 12.7. The van der Waals surface area contributed by atoms with E-state index in [0.29, 0.717) is 6.04 Å². The molecule has 26 heavy (non-hydrogen) atoms. The summed E-state index contributed by atoms with van der Waals surface area (Å²) in [5.41, 5.74) is 2.43. The van der Waals surface area contributed by atoms with Crippen molar-refractivity contribution in [3.8, 4) is 11.8 Å². The average molecular weight is 355 g/mol. The second-order valence-corrected chi connectivity index (χ2v) is 7.93. The van der Waals surface area contributed by atoms with E-state index < -0.39 is 0 Å². The molecule has 0 amide bonds. The minimum Gasteiger partial charge on any atom is -0.392 e. The number of hydrogen-bond acceptors (Lipinski definition) is 3. The van der Waals surface area contributed by atoms with Gasteiger partial charge in [-0.25, -0.2) is 0 Å². The lowest BCUT2D eigenvalue weighted by molar-refractivity contribution is 0.0317. The molecule has 2 heterocycles. The Bertz CT molecular complexity index is 593. The summed E-state index contributed by atoms with van der Waals surface area (Å²) in [5.74, 6) is 6.65. The molecule has 0 radical (unpaired) electrons. The first kappa shape index (κ1) is 19.4. The van der Waals surface area contributed by atoms with Crippen LogP contribution < -0.4 is 0 Å². The van der Waals surface area contributed by atoms with Crippen LogP contribution in [0.4, 0.5) is 0 Å². The van der Waals surface area contributed by atoms with Crippen LogP contribution in [-0.2, 0) is 6.54 Å². The van der Waals surface area contributed by atoms with Crippen molar-refractivity contribution in [1.82, 2.24) is 9.80 Å². The van der Waals surface area contributed by atoms with Gasteiger partial charge in [0.1, 0.15) is 0 Å². The highest BCUT2D eigenvalue weighted by atomic mass is 16.3. The molecule has 142 valence electrons. The normalized spacial score (nSPS) is 23.2. The number of nitrogens with zero attached hydrogens (tertiary/aromatic N) is 2. The van der Waals surface area contributed by atoms with Gasteiger partial charge in [-0.05, 0) is 69.9 Å². The number of hydrogen-bond donors (Lipinski definition) is 1. The Morgan fingerprint density at radius 3 is 2.50 bits per heavy atom. The van der Waals surface area contributed by atoms with Crippen LogP contribution in [0.5, 0.6) is 0 Å². The lowest BCUT2D eigenvalue weighted by Gasteiger charge is -2.37. The van der Waals surface area contributed by atoms with Crippen LogP contribution in [0.1, 0.15) is 63.0 Å². The van der Waals surface area contributed by atoms with E-state index in [1.54, 1.807) is 0 Å². The molecule has 3 nitrogen and oxygen atoms in total. The van der Waals surface area contributed by atoms with Crippen molar-refractivity contribution in [3.63, 3.8) is 0 Å². The highest BCUT2D eigenvalue weighted by Gasteiger charge is 2.25. The zero-order valence-corrected chi connectivity index (χ0v) is 16.3. The Kier molecular flexibility index (Phi) is 7.55. The zero-order valence-electron chi connectivity index (χ0n) is 16.3. The topological polar surface area (TPSA) is 26.7 Å². The standard InChI is InChI=1S/C23H34N2O/c1-20(26)23-10-4-8-18-25(23)19-22-13-11-21(12-14-22)9-3-7-17-24-15-5-2-6-16-24/h11-14,20,23,26H,2,4-8,10,15-19H2,1H3. The molecular formula is C23H34N2O. The fourth-order valence-corrected chi connectivity index (χ4v) is 4.25. The van der Waals surface area contributed by atoms with E-state index in [2.05, 4.69) is 45.9 Å². The van der Waals surface area contributed by atoms with Crippen LogP contribution in [0.2, 0.25) is 0 Å². The largest absolute Gasteiger partial charge is 0.392 e. The molecule has 3 heteroatoms. The van der Waals surface area contributed by atoms with Crippen LogP contribution in [-0.4, -0.2) is 53.2 Å². The van der Waals surface area contributed by atoms with Crippen molar-refractivity contribution in [1.29, 1.82) is 0 Å². The molecule has 2 atom stereocenters. The van der Waals surface area contributed by atoms with Crippen LogP contribution in [0.15, 0.2) is 24.3 Å². The van der Waals surface area contributed by atoms with E-state index in [0.717, 1.165) is 38.0 Å². The Hall–Kier alpha value is -1.34. The minimum absolute atomic E-state index is 0.250. The summed E-state index contributed by atoms with van der Waals surface area (Å²) in [4.78, 5) is 4.98. The summed E-state index contributed by atoms with van der Waals surface area (Å²) in [7, 11) is 0. The molecule has 0 bridgehead atoms. The van der Waals surface area contributed by atoms with E-state index in [9.17, 15) is 5.11 Å². The highest BCUT2D eigenvalue weighted by molar-refractivity contribution is 5.36. The molecule has 2 fully saturated rings. The zero-order chi connectivity index (χ0) is 18.2. The van der Waals surface area contributed by atoms with Gasteiger partial charge in [-0.15, -0.1) is 0 Å². The molecular weight excluding hydrogens is 320 g/mol. The first-order valence-corrected chi connectivity index (χ1v) is 10.4. The average Bonchev–Trinajstić information content (AvgIpc) is 2.67. The number of aliphatic hydroxyl groups is 1. The van der Waals surface area contributed by atoms with Gasteiger partial charge < -0.3 is 10.0 Å².